The number of amides is 1. The number of halogens is 1. The zero-order valence-electron chi connectivity index (χ0n) is 12.0. The molecule has 7 nitrogen and oxygen atoms in total. The Bertz CT molecular complexity index is 816. The average molecular weight is 312 g/mol. The van der Waals surface area contributed by atoms with Crippen LogP contribution in [-0.2, 0) is 4.79 Å². The summed E-state index contributed by atoms with van der Waals surface area (Å²) in [5, 5.41) is 14.4. The highest BCUT2D eigenvalue weighted by atomic mass is 19.1. The van der Waals surface area contributed by atoms with Gasteiger partial charge in [-0.15, -0.1) is 0 Å². The summed E-state index contributed by atoms with van der Waals surface area (Å²) in [4.78, 5) is 19.9. The Labute approximate surface area is 131 Å². The van der Waals surface area contributed by atoms with Crippen LogP contribution in [0.2, 0.25) is 0 Å². The molecule has 23 heavy (non-hydrogen) atoms. The van der Waals surface area contributed by atoms with Crippen molar-refractivity contribution < 1.29 is 9.18 Å². The van der Waals surface area contributed by atoms with Crippen molar-refractivity contribution in [3.63, 3.8) is 0 Å². The topological polar surface area (TPSA) is 117 Å². The number of rotatable bonds is 4. The van der Waals surface area contributed by atoms with Crippen LogP contribution in [0.5, 0.6) is 0 Å². The number of fused-ring (bicyclic) bond motifs is 1. The number of hydrogen-bond acceptors (Lipinski definition) is 6. The van der Waals surface area contributed by atoms with Crippen LogP contribution in [0.1, 0.15) is 23.5 Å². The number of nitrogens with zero attached hydrogens (tertiary/aromatic N) is 3. The maximum Gasteiger partial charge on any atom is 0.232 e. The molecule has 0 fully saturated rings. The Hall–Kier alpha value is -3.21. The third-order valence-electron chi connectivity index (χ3n) is 3.62. The molecule has 116 valence electrons. The molecule has 8 heteroatoms. The molecule has 1 atom stereocenters. The average Bonchev–Trinajstić information content (AvgIpc) is 2.82. The molecule has 1 amide bonds. The van der Waals surface area contributed by atoms with Gasteiger partial charge in [-0.25, -0.2) is 9.37 Å². The predicted molar refractivity (Wildman–Crippen MR) is 82.0 cm³/mol. The van der Waals surface area contributed by atoms with Crippen molar-refractivity contribution in [3.8, 4) is 6.07 Å². The van der Waals surface area contributed by atoms with E-state index in [9.17, 15) is 9.18 Å². The van der Waals surface area contributed by atoms with Crippen LogP contribution in [-0.4, -0.2) is 22.4 Å². The Kier molecular flexibility index (Phi) is 3.76. The highest BCUT2D eigenvalue weighted by Crippen LogP contribution is 2.34. The summed E-state index contributed by atoms with van der Waals surface area (Å²) in [6.45, 7) is 0.431. The number of aromatic nitrogens is 2. The van der Waals surface area contributed by atoms with Crippen LogP contribution in [0.4, 0.5) is 21.8 Å². The molecule has 2 aromatic rings. The van der Waals surface area contributed by atoms with E-state index in [0.717, 1.165) is 5.56 Å². The number of nitrogen functional groups attached to an aromatic ring is 1. The highest BCUT2D eigenvalue weighted by molar-refractivity contribution is 6.02. The van der Waals surface area contributed by atoms with Gasteiger partial charge in [-0.3, -0.25) is 4.79 Å². The Balaban J connectivity index is 1.65. The quantitative estimate of drug-likeness (QED) is 0.789. The molecule has 1 aromatic carbocycles. The van der Waals surface area contributed by atoms with Gasteiger partial charge in [0.1, 0.15) is 23.3 Å². The zero-order chi connectivity index (χ0) is 16.4. The van der Waals surface area contributed by atoms with E-state index in [2.05, 4.69) is 20.6 Å². The van der Waals surface area contributed by atoms with Crippen LogP contribution < -0.4 is 16.4 Å². The molecule has 0 spiro atoms. The number of nitrogens with two attached hydrogens (primary N) is 1. The van der Waals surface area contributed by atoms with Crippen molar-refractivity contribution in [2.75, 3.05) is 22.9 Å². The van der Waals surface area contributed by atoms with Gasteiger partial charge in [-0.05, 0) is 24.1 Å². The van der Waals surface area contributed by atoms with Crippen molar-refractivity contribution >= 4 is 23.4 Å². The molecule has 1 aromatic heterocycles. The van der Waals surface area contributed by atoms with Gasteiger partial charge in [-0.1, -0.05) is 6.07 Å². The molecular formula is C15H13FN6O. The molecule has 1 aliphatic rings. The minimum Gasteiger partial charge on any atom is -0.382 e. The first kappa shape index (κ1) is 14.7. The minimum atomic E-state index is -0.385. The molecule has 0 bridgehead atoms. The molecule has 0 saturated heterocycles. The van der Waals surface area contributed by atoms with Gasteiger partial charge in [0.05, 0.1) is 12.1 Å². The van der Waals surface area contributed by atoms with Gasteiger partial charge in [0.2, 0.25) is 11.9 Å². The summed E-state index contributed by atoms with van der Waals surface area (Å²) < 4.78 is 13.2. The molecular weight excluding hydrogens is 299 g/mol. The molecule has 2 heterocycles. The number of nitriles is 1. The van der Waals surface area contributed by atoms with Crippen molar-refractivity contribution in [2.24, 2.45) is 0 Å². The molecule has 1 aliphatic heterocycles. The second-order valence-electron chi connectivity index (χ2n) is 5.09. The minimum absolute atomic E-state index is 0.101. The Morgan fingerprint density at radius 2 is 2.30 bits per heavy atom. The van der Waals surface area contributed by atoms with Gasteiger partial charge in [0.15, 0.2) is 0 Å². The molecule has 0 saturated carbocycles. The van der Waals surface area contributed by atoms with E-state index >= 15 is 0 Å². The molecule has 0 aliphatic carbocycles. The van der Waals surface area contributed by atoms with Crippen molar-refractivity contribution in [1.29, 1.82) is 5.26 Å². The summed E-state index contributed by atoms with van der Waals surface area (Å²) in [5.41, 5.74) is 7.11. The van der Waals surface area contributed by atoms with Crippen LogP contribution in [0.3, 0.4) is 0 Å². The number of nitrogens with one attached hydrogen (secondary N) is 2. The third-order valence-corrected chi connectivity index (χ3v) is 3.62. The third kappa shape index (κ3) is 2.89. The summed E-state index contributed by atoms with van der Waals surface area (Å²) in [6, 6.07) is 6.15. The summed E-state index contributed by atoms with van der Waals surface area (Å²) in [6.07, 6.45) is 1.83. The predicted octanol–water partition coefficient (Wildman–Crippen LogP) is 1.61. The van der Waals surface area contributed by atoms with Crippen LogP contribution in [0.15, 0.2) is 24.4 Å². The monoisotopic (exact) mass is 312 g/mol. The standard InChI is InChI=1S/C15H13FN6O/c16-9-1-2-10-11(14(23)21-12(10)5-9)3-4-19-15-20-7-8(6-17)13(18)22-15/h1-2,5,7,11H,3-4H2,(H,21,23)(H3,18,19,20,22). The number of benzene rings is 1. The SMILES string of the molecule is N#Cc1cnc(NCCC2C(=O)Nc3cc(F)ccc32)nc1N. The maximum absolute atomic E-state index is 13.2. The second-order valence-corrected chi connectivity index (χ2v) is 5.09. The fraction of sp³-hybridized carbons (Fsp3) is 0.200. The van der Waals surface area contributed by atoms with Crippen molar-refractivity contribution in [2.45, 2.75) is 12.3 Å². The number of carbonyl (C=O) groups is 1. The van der Waals surface area contributed by atoms with Gasteiger partial charge >= 0.3 is 0 Å². The molecule has 0 radical (unpaired) electrons. The number of anilines is 3. The lowest BCUT2D eigenvalue weighted by atomic mass is 9.97. The summed E-state index contributed by atoms with van der Waals surface area (Å²) in [5.74, 6) is -0.505. The molecule has 4 N–H and O–H groups in total. The van der Waals surface area contributed by atoms with Crippen molar-refractivity contribution in [1.82, 2.24) is 9.97 Å². The van der Waals surface area contributed by atoms with E-state index in [1.807, 2.05) is 6.07 Å². The Morgan fingerprint density at radius 3 is 3.04 bits per heavy atom. The van der Waals surface area contributed by atoms with Crippen LogP contribution >= 0.6 is 0 Å². The van der Waals surface area contributed by atoms with Gasteiger partial charge in [-0.2, -0.15) is 10.2 Å². The first-order valence-corrected chi connectivity index (χ1v) is 6.95. The lowest BCUT2D eigenvalue weighted by Crippen LogP contribution is -2.16. The number of carbonyl (C=O) groups excluding carboxylic acids is 1. The number of hydrogen-bond donors (Lipinski definition) is 3. The summed E-state index contributed by atoms with van der Waals surface area (Å²) in [7, 11) is 0. The molecule has 3 rings (SSSR count). The lowest BCUT2D eigenvalue weighted by Gasteiger charge is -2.10. The van der Waals surface area contributed by atoms with E-state index in [1.54, 1.807) is 6.07 Å². The van der Waals surface area contributed by atoms with E-state index in [0.29, 0.717) is 24.6 Å². The highest BCUT2D eigenvalue weighted by Gasteiger charge is 2.30. The fourth-order valence-corrected chi connectivity index (χ4v) is 2.48. The zero-order valence-corrected chi connectivity index (χ0v) is 12.0. The second kappa shape index (κ2) is 5.88. The van der Waals surface area contributed by atoms with E-state index in [4.69, 9.17) is 11.0 Å². The van der Waals surface area contributed by atoms with Gasteiger partial charge in [0, 0.05) is 12.2 Å². The maximum atomic E-state index is 13.2. The first-order valence-electron chi connectivity index (χ1n) is 6.95. The smallest absolute Gasteiger partial charge is 0.232 e. The summed E-state index contributed by atoms with van der Waals surface area (Å²) >= 11 is 0. The van der Waals surface area contributed by atoms with Crippen LogP contribution in [0, 0.1) is 17.1 Å². The van der Waals surface area contributed by atoms with Crippen molar-refractivity contribution in [3.05, 3.63) is 41.3 Å². The van der Waals surface area contributed by atoms with Crippen LogP contribution in [0.25, 0.3) is 0 Å². The van der Waals surface area contributed by atoms with E-state index in [-0.39, 0.29) is 29.0 Å². The normalized spacial score (nSPS) is 15.7. The lowest BCUT2D eigenvalue weighted by molar-refractivity contribution is -0.117. The first-order chi connectivity index (χ1) is 11.1. The van der Waals surface area contributed by atoms with E-state index in [1.165, 1.54) is 18.3 Å². The largest absolute Gasteiger partial charge is 0.382 e. The van der Waals surface area contributed by atoms with Gasteiger partial charge < -0.3 is 16.4 Å². The molecule has 1 unspecified atom stereocenters. The van der Waals surface area contributed by atoms with Gasteiger partial charge in [0.25, 0.3) is 0 Å². The van der Waals surface area contributed by atoms with E-state index < -0.39 is 0 Å². The Morgan fingerprint density at radius 1 is 1.48 bits per heavy atom. The fourth-order valence-electron chi connectivity index (χ4n) is 2.48.